The van der Waals surface area contributed by atoms with Crippen LogP contribution in [0.5, 0.6) is 5.75 Å². The fourth-order valence-corrected chi connectivity index (χ4v) is 1.88. The lowest BCUT2D eigenvalue weighted by atomic mass is 10.0. The number of nitrogens with one attached hydrogen (secondary N) is 1. The van der Waals surface area contributed by atoms with E-state index in [4.69, 9.17) is 4.74 Å². The molecule has 0 bridgehead atoms. The van der Waals surface area contributed by atoms with Crippen LogP contribution in [0.3, 0.4) is 0 Å². The number of aliphatic hydroxyl groups excluding tert-OH is 2. The minimum absolute atomic E-state index is 0.0181. The third kappa shape index (κ3) is 6.84. The molecule has 114 valence electrons. The highest BCUT2D eigenvalue weighted by Gasteiger charge is 2.12. The maximum atomic E-state index is 12.7. The van der Waals surface area contributed by atoms with Crippen LogP contribution in [0.2, 0.25) is 0 Å². The predicted molar refractivity (Wildman–Crippen MR) is 76.2 cm³/mol. The van der Waals surface area contributed by atoms with E-state index in [-0.39, 0.29) is 25.1 Å². The van der Waals surface area contributed by atoms with Crippen LogP contribution >= 0.6 is 0 Å². The summed E-state index contributed by atoms with van der Waals surface area (Å²) in [5.41, 5.74) is 0. The van der Waals surface area contributed by atoms with Gasteiger partial charge in [-0.05, 0) is 36.6 Å². The first-order valence-corrected chi connectivity index (χ1v) is 6.92. The van der Waals surface area contributed by atoms with Crippen LogP contribution in [0.1, 0.15) is 20.3 Å². The first-order chi connectivity index (χ1) is 9.51. The van der Waals surface area contributed by atoms with E-state index in [9.17, 15) is 14.6 Å². The smallest absolute Gasteiger partial charge is 0.123 e. The molecule has 5 heteroatoms. The Morgan fingerprint density at radius 1 is 1.25 bits per heavy atom. The van der Waals surface area contributed by atoms with Gasteiger partial charge in [-0.25, -0.2) is 4.39 Å². The molecule has 1 aromatic rings. The van der Waals surface area contributed by atoms with Crippen LogP contribution in [0.25, 0.3) is 0 Å². The summed E-state index contributed by atoms with van der Waals surface area (Å²) < 4.78 is 18.1. The number of benzene rings is 1. The van der Waals surface area contributed by atoms with Crippen molar-refractivity contribution in [1.82, 2.24) is 5.32 Å². The van der Waals surface area contributed by atoms with Crippen molar-refractivity contribution in [3.63, 3.8) is 0 Å². The lowest BCUT2D eigenvalue weighted by Crippen LogP contribution is -2.40. The van der Waals surface area contributed by atoms with E-state index >= 15 is 0 Å². The molecule has 0 radical (unpaired) electrons. The van der Waals surface area contributed by atoms with Gasteiger partial charge in [0.05, 0.1) is 6.61 Å². The van der Waals surface area contributed by atoms with E-state index in [1.54, 1.807) is 0 Å². The van der Waals surface area contributed by atoms with E-state index in [1.807, 2.05) is 0 Å². The van der Waals surface area contributed by atoms with Gasteiger partial charge in [-0.2, -0.15) is 0 Å². The van der Waals surface area contributed by atoms with E-state index in [0.29, 0.717) is 18.2 Å². The Balaban J connectivity index is 2.25. The summed E-state index contributed by atoms with van der Waals surface area (Å²) in [6, 6.07) is 5.64. The third-order valence-corrected chi connectivity index (χ3v) is 2.87. The molecule has 2 atom stereocenters. The van der Waals surface area contributed by atoms with Crippen LogP contribution < -0.4 is 10.1 Å². The second-order valence-electron chi connectivity index (χ2n) is 5.34. The number of rotatable bonds is 9. The molecule has 0 aliphatic carbocycles. The Morgan fingerprint density at radius 3 is 2.45 bits per heavy atom. The van der Waals surface area contributed by atoms with Gasteiger partial charge in [0.15, 0.2) is 0 Å². The van der Waals surface area contributed by atoms with E-state index < -0.39 is 6.10 Å². The number of hydrogen-bond donors (Lipinski definition) is 3. The van der Waals surface area contributed by atoms with Crippen LogP contribution in [0.4, 0.5) is 4.39 Å². The topological polar surface area (TPSA) is 61.7 Å². The fourth-order valence-electron chi connectivity index (χ4n) is 1.88. The van der Waals surface area contributed by atoms with Crippen molar-refractivity contribution >= 4 is 0 Å². The number of halogens is 1. The quantitative estimate of drug-likeness (QED) is 0.644. The second kappa shape index (κ2) is 8.89. The van der Waals surface area contributed by atoms with Crippen molar-refractivity contribution in [2.75, 3.05) is 19.8 Å². The molecule has 4 nitrogen and oxygen atoms in total. The summed E-state index contributed by atoms with van der Waals surface area (Å²) in [7, 11) is 0. The summed E-state index contributed by atoms with van der Waals surface area (Å²) in [5.74, 6) is 0.678. The van der Waals surface area contributed by atoms with Crippen molar-refractivity contribution in [2.45, 2.75) is 32.4 Å². The lowest BCUT2D eigenvalue weighted by Gasteiger charge is -2.20. The zero-order valence-corrected chi connectivity index (χ0v) is 12.1. The fraction of sp³-hybridized carbons (Fsp3) is 0.600. The molecule has 1 rings (SSSR count). The SMILES string of the molecule is CC(C)CC(CO)NCC(O)COc1ccc(F)cc1. The molecule has 0 aliphatic heterocycles. The van der Waals surface area contributed by atoms with Crippen LogP contribution in [0.15, 0.2) is 24.3 Å². The zero-order valence-electron chi connectivity index (χ0n) is 12.1. The Bertz CT molecular complexity index is 370. The number of aliphatic hydroxyl groups is 2. The summed E-state index contributed by atoms with van der Waals surface area (Å²) in [5, 5.41) is 22.1. The van der Waals surface area contributed by atoms with Gasteiger partial charge in [-0.3, -0.25) is 0 Å². The maximum Gasteiger partial charge on any atom is 0.123 e. The van der Waals surface area contributed by atoms with Crippen LogP contribution in [-0.4, -0.2) is 42.1 Å². The zero-order chi connectivity index (χ0) is 15.0. The third-order valence-electron chi connectivity index (χ3n) is 2.87. The molecule has 0 spiro atoms. The highest BCUT2D eigenvalue weighted by Crippen LogP contribution is 2.11. The van der Waals surface area contributed by atoms with Gasteiger partial charge in [0.1, 0.15) is 24.3 Å². The number of ether oxygens (including phenoxy) is 1. The molecular weight excluding hydrogens is 261 g/mol. The summed E-state index contributed by atoms with van der Waals surface area (Å²) in [6.45, 7) is 4.68. The molecule has 2 unspecified atom stereocenters. The van der Waals surface area contributed by atoms with Crippen molar-refractivity contribution in [1.29, 1.82) is 0 Å². The second-order valence-corrected chi connectivity index (χ2v) is 5.34. The van der Waals surface area contributed by atoms with E-state index in [2.05, 4.69) is 19.2 Å². The normalized spacial score (nSPS) is 14.3. The van der Waals surface area contributed by atoms with Gasteiger partial charge in [0, 0.05) is 12.6 Å². The minimum Gasteiger partial charge on any atom is -0.491 e. The van der Waals surface area contributed by atoms with E-state index in [0.717, 1.165) is 6.42 Å². The molecule has 0 amide bonds. The van der Waals surface area contributed by atoms with Gasteiger partial charge in [-0.15, -0.1) is 0 Å². The Kier molecular flexibility index (Phi) is 7.51. The first kappa shape index (κ1) is 16.9. The van der Waals surface area contributed by atoms with Crippen LogP contribution in [0, 0.1) is 11.7 Å². The molecular formula is C15H24FNO3. The largest absolute Gasteiger partial charge is 0.491 e. The minimum atomic E-state index is -0.679. The van der Waals surface area contributed by atoms with Gasteiger partial charge >= 0.3 is 0 Å². The van der Waals surface area contributed by atoms with Crippen molar-refractivity contribution < 1.29 is 19.3 Å². The summed E-state index contributed by atoms with van der Waals surface area (Å²) in [4.78, 5) is 0. The average molecular weight is 285 g/mol. The highest BCUT2D eigenvalue weighted by molar-refractivity contribution is 5.22. The Hall–Kier alpha value is -1.17. The highest BCUT2D eigenvalue weighted by atomic mass is 19.1. The molecule has 0 aliphatic rings. The van der Waals surface area contributed by atoms with Gasteiger partial charge < -0.3 is 20.3 Å². The Morgan fingerprint density at radius 2 is 1.90 bits per heavy atom. The monoisotopic (exact) mass is 285 g/mol. The van der Waals surface area contributed by atoms with Crippen molar-refractivity contribution in [2.24, 2.45) is 5.92 Å². The number of hydrogen-bond acceptors (Lipinski definition) is 4. The predicted octanol–water partition coefficient (Wildman–Crippen LogP) is 1.56. The first-order valence-electron chi connectivity index (χ1n) is 6.92. The lowest BCUT2D eigenvalue weighted by molar-refractivity contribution is 0.0981. The molecule has 0 saturated heterocycles. The van der Waals surface area contributed by atoms with Gasteiger partial charge in [0.2, 0.25) is 0 Å². The molecule has 0 saturated carbocycles. The van der Waals surface area contributed by atoms with Gasteiger partial charge in [-0.1, -0.05) is 13.8 Å². The maximum absolute atomic E-state index is 12.7. The summed E-state index contributed by atoms with van der Waals surface area (Å²) in [6.07, 6.45) is 0.170. The molecule has 0 heterocycles. The molecule has 0 aromatic heterocycles. The van der Waals surface area contributed by atoms with Crippen molar-refractivity contribution in [3.05, 3.63) is 30.1 Å². The molecule has 1 aromatic carbocycles. The van der Waals surface area contributed by atoms with Crippen LogP contribution in [-0.2, 0) is 0 Å². The molecule has 0 fully saturated rings. The summed E-state index contributed by atoms with van der Waals surface area (Å²) >= 11 is 0. The van der Waals surface area contributed by atoms with E-state index in [1.165, 1.54) is 24.3 Å². The molecule has 20 heavy (non-hydrogen) atoms. The average Bonchev–Trinajstić information content (AvgIpc) is 2.42. The standard InChI is InChI=1S/C15H24FNO3/c1-11(2)7-13(9-18)17-8-14(19)10-20-15-5-3-12(16)4-6-15/h3-6,11,13-14,17-19H,7-10H2,1-2H3. The van der Waals surface area contributed by atoms with Crippen molar-refractivity contribution in [3.8, 4) is 5.75 Å². The molecule has 3 N–H and O–H groups in total. The van der Waals surface area contributed by atoms with Gasteiger partial charge in [0.25, 0.3) is 0 Å². The Labute approximate surface area is 119 Å².